The highest BCUT2D eigenvalue weighted by Crippen LogP contribution is 2.19. The summed E-state index contributed by atoms with van der Waals surface area (Å²) in [5.74, 6) is 0. The van der Waals surface area contributed by atoms with Crippen molar-refractivity contribution in [2.24, 2.45) is 0 Å². The van der Waals surface area contributed by atoms with Crippen molar-refractivity contribution >= 4 is 15.7 Å². The molecule has 0 amide bonds. The predicted molar refractivity (Wildman–Crippen MR) is 76.7 cm³/mol. The van der Waals surface area contributed by atoms with Crippen LogP contribution >= 0.6 is 0 Å². The Morgan fingerprint density at radius 2 is 1.79 bits per heavy atom. The summed E-state index contributed by atoms with van der Waals surface area (Å²) in [4.78, 5) is 0.223. The lowest BCUT2D eigenvalue weighted by Crippen LogP contribution is -2.39. The second-order valence-corrected chi connectivity index (χ2v) is 7.17. The Morgan fingerprint density at radius 3 is 2.21 bits per heavy atom. The van der Waals surface area contributed by atoms with Crippen LogP contribution in [-0.4, -0.2) is 43.6 Å². The molecule has 0 aliphatic rings. The minimum Gasteiger partial charge on any atom is -0.389 e. The third-order valence-corrected chi connectivity index (χ3v) is 4.37. The van der Waals surface area contributed by atoms with E-state index in [1.165, 1.54) is 7.05 Å². The van der Waals surface area contributed by atoms with Crippen molar-refractivity contribution in [3.8, 4) is 0 Å². The number of benzene rings is 1. The van der Waals surface area contributed by atoms with E-state index in [0.29, 0.717) is 0 Å². The Morgan fingerprint density at radius 1 is 1.26 bits per heavy atom. The normalized spacial score (nSPS) is 12.7. The van der Waals surface area contributed by atoms with Gasteiger partial charge in [0, 0.05) is 25.8 Å². The van der Waals surface area contributed by atoms with Gasteiger partial charge in [0.1, 0.15) is 0 Å². The number of sulfonamides is 1. The Labute approximate surface area is 115 Å². The van der Waals surface area contributed by atoms with Gasteiger partial charge in [-0.1, -0.05) is 0 Å². The smallest absolute Gasteiger partial charge is 0.242 e. The summed E-state index contributed by atoms with van der Waals surface area (Å²) in [6, 6.07) is 6.59. The second kappa shape index (κ2) is 5.90. The van der Waals surface area contributed by atoms with Crippen molar-refractivity contribution in [1.82, 2.24) is 4.31 Å². The molecule has 0 spiro atoms. The van der Waals surface area contributed by atoms with Crippen LogP contribution in [0.5, 0.6) is 0 Å². The first-order valence-corrected chi connectivity index (χ1v) is 7.63. The van der Waals surface area contributed by atoms with Gasteiger partial charge in [-0.05, 0) is 45.0 Å². The van der Waals surface area contributed by atoms with Crippen LogP contribution in [0.1, 0.15) is 20.8 Å². The van der Waals surface area contributed by atoms with Crippen LogP contribution in [0.3, 0.4) is 0 Å². The van der Waals surface area contributed by atoms with E-state index in [-0.39, 0.29) is 11.4 Å². The fourth-order valence-corrected chi connectivity index (χ4v) is 3.08. The molecule has 2 N–H and O–H groups in total. The predicted octanol–water partition coefficient (Wildman–Crippen LogP) is 1.51. The van der Waals surface area contributed by atoms with Crippen LogP contribution in [-0.2, 0) is 10.0 Å². The minimum atomic E-state index is -3.56. The molecule has 0 saturated carbocycles. The van der Waals surface area contributed by atoms with E-state index in [9.17, 15) is 13.5 Å². The third-order valence-electron chi connectivity index (χ3n) is 2.55. The van der Waals surface area contributed by atoms with Gasteiger partial charge in [0.05, 0.1) is 10.5 Å². The van der Waals surface area contributed by atoms with Gasteiger partial charge in [-0.25, -0.2) is 8.42 Å². The van der Waals surface area contributed by atoms with Gasteiger partial charge in [0.25, 0.3) is 0 Å². The first-order chi connectivity index (χ1) is 8.66. The highest BCUT2D eigenvalue weighted by atomic mass is 32.2. The van der Waals surface area contributed by atoms with Crippen molar-refractivity contribution in [3.63, 3.8) is 0 Å². The van der Waals surface area contributed by atoms with E-state index in [4.69, 9.17) is 0 Å². The Bertz CT molecular complexity index is 504. The number of hydrogen-bond donors (Lipinski definition) is 2. The molecule has 19 heavy (non-hydrogen) atoms. The summed E-state index contributed by atoms with van der Waals surface area (Å²) in [6.07, 6.45) is 0. The molecule has 5 nitrogen and oxygen atoms in total. The summed E-state index contributed by atoms with van der Waals surface area (Å²) in [6.45, 7) is 5.96. The number of nitrogens with zero attached hydrogens (tertiary/aromatic N) is 1. The largest absolute Gasteiger partial charge is 0.389 e. The zero-order chi connectivity index (χ0) is 14.7. The Kier molecular flexibility index (Phi) is 4.95. The van der Waals surface area contributed by atoms with E-state index < -0.39 is 15.6 Å². The fourth-order valence-electron chi connectivity index (χ4n) is 1.76. The molecule has 0 aliphatic heterocycles. The van der Waals surface area contributed by atoms with Crippen LogP contribution in [0.2, 0.25) is 0 Å². The molecular weight excluding hydrogens is 264 g/mol. The molecule has 0 aliphatic carbocycles. The lowest BCUT2D eigenvalue weighted by atomic mass is 10.1. The molecule has 0 fully saturated rings. The summed E-state index contributed by atoms with van der Waals surface area (Å²) in [7, 11) is -2.09. The van der Waals surface area contributed by atoms with Crippen molar-refractivity contribution < 1.29 is 13.5 Å². The van der Waals surface area contributed by atoms with Crippen LogP contribution < -0.4 is 5.32 Å². The molecule has 6 heteroatoms. The monoisotopic (exact) mass is 286 g/mol. The summed E-state index contributed by atoms with van der Waals surface area (Å²) >= 11 is 0. The quantitative estimate of drug-likeness (QED) is 0.831. The molecule has 0 atom stereocenters. The van der Waals surface area contributed by atoms with Gasteiger partial charge in [-0.3, -0.25) is 0 Å². The molecule has 0 bridgehead atoms. The summed E-state index contributed by atoms with van der Waals surface area (Å²) in [5.41, 5.74) is -0.183. The average molecular weight is 286 g/mol. The van der Waals surface area contributed by atoms with Gasteiger partial charge in [0.15, 0.2) is 0 Å². The fraction of sp³-hybridized carbons (Fsp3) is 0.538. The number of aliphatic hydroxyl groups is 1. The molecular formula is C13H22N2O3S. The molecule has 0 unspecified atom stereocenters. The highest BCUT2D eigenvalue weighted by Gasteiger charge is 2.26. The molecule has 1 rings (SSSR count). The standard InChI is InChI=1S/C13H22N2O3S/c1-5-14-11-6-8-12(9-7-11)19(17,18)15(4)10-13(2,3)16/h6-9,14,16H,5,10H2,1-4H3. The molecule has 0 radical (unpaired) electrons. The number of likely N-dealkylation sites (N-methyl/N-ethyl adjacent to an activating group) is 1. The molecule has 0 saturated heterocycles. The van der Waals surface area contributed by atoms with E-state index in [1.807, 2.05) is 6.92 Å². The maximum atomic E-state index is 12.3. The van der Waals surface area contributed by atoms with Crippen LogP contribution in [0.4, 0.5) is 5.69 Å². The number of rotatable bonds is 6. The average Bonchev–Trinajstić information content (AvgIpc) is 2.28. The summed E-state index contributed by atoms with van der Waals surface area (Å²) in [5, 5.41) is 12.8. The zero-order valence-electron chi connectivity index (χ0n) is 11.8. The Hall–Kier alpha value is -1.11. The Balaban J connectivity index is 2.93. The van der Waals surface area contributed by atoms with E-state index in [2.05, 4.69) is 5.32 Å². The number of anilines is 1. The van der Waals surface area contributed by atoms with Crippen molar-refractivity contribution in [2.75, 3.05) is 25.5 Å². The van der Waals surface area contributed by atoms with Crippen LogP contribution in [0.25, 0.3) is 0 Å². The van der Waals surface area contributed by atoms with Gasteiger partial charge < -0.3 is 10.4 Å². The van der Waals surface area contributed by atoms with Gasteiger partial charge in [-0.15, -0.1) is 0 Å². The maximum absolute atomic E-state index is 12.3. The van der Waals surface area contributed by atoms with E-state index in [0.717, 1.165) is 16.5 Å². The van der Waals surface area contributed by atoms with E-state index in [1.54, 1.807) is 38.1 Å². The van der Waals surface area contributed by atoms with Gasteiger partial charge >= 0.3 is 0 Å². The van der Waals surface area contributed by atoms with Crippen molar-refractivity contribution in [2.45, 2.75) is 31.3 Å². The van der Waals surface area contributed by atoms with Crippen molar-refractivity contribution in [1.29, 1.82) is 0 Å². The minimum absolute atomic E-state index is 0.0459. The first kappa shape index (κ1) is 15.9. The lowest BCUT2D eigenvalue weighted by molar-refractivity contribution is 0.0640. The lowest BCUT2D eigenvalue weighted by Gasteiger charge is -2.25. The SMILES string of the molecule is CCNc1ccc(S(=O)(=O)N(C)CC(C)(C)O)cc1. The molecule has 0 aromatic heterocycles. The number of nitrogens with one attached hydrogen (secondary N) is 1. The first-order valence-electron chi connectivity index (χ1n) is 6.19. The zero-order valence-corrected chi connectivity index (χ0v) is 12.7. The third kappa shape index (κ3) is 4.49. The van der Waals surface area contributed by atoms with Crippen LogP contribution in [0, 0.1) is 0 Å². The van der Waals surface area contributed by atoms with Crippen molar-refractivity contribution in [3.05, 3.63) is 24.3 Å². The maximum Gasteiger partial charge on any atom is 0.242 e. The van der Waals surface area contributed by atoms with Crippen LogP contribution in [0.15, 0.2) is 29.2 Å². The molecule has 108 valence electrons. The van der Waals surface area contributed by atoms with Gasteiger partial charge in [-0.2, -0.15) is 4.31 Å². The number of hydrogen-bond acceptors (Lipinski definition) is 4. The van der Waals surface area contributed by atoms with Gasteiger partial charge in [0.2, 0.25) is 10.0 Å². The topological polar surface area (TPSA) is 69.6 Å². The molecule has 1 aromatic rings. The summed E-state index contributed by atoms with van der Waals surface area (Å²) < 4.78 is 25.7. The molecule has 0 heterocycles. The highest BCUT2D eigenvalue weighted by molar-refractivity contribution is 7.89. The molecule has 1 aromatic carbocycles. The van der Waals surface area contributed by atoms with E-state index >= 15 is 0 Å². The second-order valence-electron chi connectivity index (χ2n) is 5.13.